The molecular formula is C11H13NO7. The summed E-state index contributed by atoms with van der Waals surface area (Å²) in [6.45, 7) is 0.723. The third-order valence-corrected chi connectivity index (χ3v) is 2.31. The van der Waals surface area contributed by atoms with Crippen LogP contribution >= 0.6 is 0 Å². The maximum Gasteiger partial charge on any atom is 0.341 e. The number of methoxy groups -OCH3 is 1. The number of aliphatic carboxylic acids is 1. The second-order valence-electron chi connectivity index (χ2n) is 3.68. The summed E-state index contributed by atoms with van der Waals surface area (Å²) in [4.78, 5) is 20.6. The zero-order chi connectivity index (χ0) is 14.6. The third kappa shape index (κ3) is 3.55. The SMILES string of the molecule is COc1cc(C(C)O)c([N+](=O)[O-])cc1OCC(=O)O. The number of benzene rings is 1. The van der Waals surface area contributed by atoms with Gasteiger partial charge in [0.1, 0.15) is 0 Å². The molecule has 0 amide bonds. The third-order valence-electron chi connectivity index (χ3n) is 2.31. The smallest absolute Gasteiger partial charge is 0.341 e. The molecule has 0 fully saturated rings. The van der Waals surface area contributed by atoms with Crippen LogP contribution in [0, 0.1) is 10.1 Å². The topological polar surface area (TPSA) is 119 Å². The van der Waals surface area contributed by atoms with E-state index in [0.717, 1.165) is 6.07 Å². The summed E-state index contributed by atoms with van der Waals surface area (Å²) in [7, 11) is 1.31. The summed E-state index contributed by atoms with van der Waals surface area (Å²) in [5.41, 5.74) is -0.305. The Morgan fingerprint density at radius 1 is 1.47 bits per heavy atom. The van der Waals surface area contributed by atoms with Crippen LogP contribution in [-0.4, -0.2) is 34.8 Å². The molecule has 1 atom stereocenters. The molecule has 0 spiro atoms. The zero-order valence-electron chi connectivity index (χ0n) is 10.3. The summed E-state index contributed by atoms with van der Waals surface area (Å²) in [5.74, 6) is -1.17. The van der Waals surface area contributed by atoms with E-state index in [9.17, 15) is 20.0 Å². The number of hydrogen-bond donors (Lipinski definition) is 2. The highest BCUT2D eigenvalue weighted by atomic mass is 16.6. The van der Waals surface area contributed by atoms with Gasteiger partial charge in [0.15, 0.2) is 18.1 Å². The predicted molar refractivity (Wildman–Crippen MR) is 63.4 cm³/mol. The van der Waals surface area contributed by atoms with Crippen LogP contribution in [0.3, 0.4) is 0 Å². The molecule has 0 saturated carbocycles. The molecule has 1 unspecified atom stereocenters. The lowest BCUT2D eigenvalue weighted by atomic mass is 10.1. The van der Waals surface area contributed by atoms with Gasteiger partial charge >= 0.3 is 5.97 Å². The first-order valence-electron chi connectivity index (χ1n) is 5.25. The summed E-state index contributed by atoms with van der Waals surface area (Å²) in [6.07, 6.45) is -1.07. The average molecular weight is 271 g/mol. The minimum atomic E-state index is -1.22. The maximum atomic E-state index is 10.9. The van der Waals surface area contributed by atoms with E-state index in [2.05, 4.69) is 0 Å². The molecule has 8 nitrogen and oxygen atoms in total. The Hall–Kier alpha value is -2.35. The number of nitrogens with zero attached hydrogens (tertiary/aromatic N) is 1. The van der Waals surface area contributed by atoms with E-state index in [0.29, 0.717) is 0 Å². The van der Waals surface area contributed by atoms with Crippen molar-refractivity contribution in [2.45, 2.75) is 13.0 Å². The molecule has 0 radical (unpaired) electrons. The van der Waals surface area contributed by atoms with Gasteiger partial charge in [0.05, 0.1) is 29.8 Å². The monoisotopic (exact) mass is 271 g/mol. The minimum Gasteiger partial charge on any atom is -0.493 e. The second kappa shape index (κ2) is 6.01. The zero-order valence-corrected chi connectivity index (χ0v) is 10.3. The summed E-state index contributed by atoms with van der Waals surface area (Å²) < 4.78 is 9.86. The van der Waals surface area contributed by atoms with E-state index in [4.69, 9.17) is 14.6 Å². The number of nitro groups is 1. The number of carbonyl (C=O) groups is 1. The van der Waals surface area contributed by atoms with E-state index in [1.54, 1.807) is 0 Å². The van der Waals surface area contributed by atoms with E-state index in [1.807, 2.05) is 0 Å². The number of rotatable bonds is 6. The summed E-state index contributed by atoms with van der Waals surface area (Å²) >= 11 is 0. The second-order valence-corrected chi connectivity index (χ2v) is 3.68. The molecule has 0 bridgehead atoms. The fourth-order valence-corrected chi connectivity index (χ4v) is 1.47. The molecule has 19 heavy (non-hydrogen) atoms. The molecular weight excluding hydrogens is 258 g/mol. The van der Waals surface area contributed by atoms with Crippen molar-refractivity contribution >= 4 is 11.7 Å². The van der Waals surface area contributed by atoms with Crippen molar-refractivity contribution in [1.29, 1.82) is 0 Å². The Labute approximate surface area is 108 Å². The first-order chi connectivity index (χ1) is 8.86. The summed E-state index contributed by atoms with van der Waals surface area (Å²) in [6, 6.07) is 2.28. The fourth-order valence-electron chi connectivity index (χ4n) is 1.47. The maximum absolute atomic E-state index is 10.9. The van der Waals surface area contributed by atoms with E-state index in [-0.39, 0.29) is 22.7 Å². The van der Waals surface area contributed by atoms with Crippen molar-refractivity contribution in [2.24, 2.45) is 0 Å². The lowest BCUT2D eigenvalue weighted by Crippen LogP contribution is -2.11. The molecule has 2 N–H and O–H groups in total. The van der Waals surface area contributed by atoms with Crippen molar-refractivity contribution in [3.63, 3.8) is 0 Å². The predicted octanol–water partition coefficient (Wildman–Crippen LogP) is 1.12. The molecule has 1 aromatic rings. The highest BCUT2D eigenvalue weighted by Gasteiger charge is 2.22. The molecule has 0 aliphatic rings. The van der Waals surface area contributed by atoms with E-state index >= 15 is 0 Å². The largest absolute Gasteiger partial charge is 0.493 e. The minimum absolute atomic E-state index is 0.0597. The van der Waals surface area contributed by atoms with Crippen molar-refractivity contribution in [3.8, 4) is 11.5 Å². The van der Waals surface area contributed by atoms with Crippen LogP contribution in [0.2, 0.25) is 0 Å². The van der Waals surface area contributed by atoms with Gasteiger partial charge in [-0.05, 0) is 13.0 Å². The number of aliphatic hydroxyl groups is 1. The number of hydrogen-bond acceptors (Lipinski definition) is 6. The normalized spacial score (nSPS) is 11.7. The van der Waals surface area contributed by atoms with Crippen molar-refractivity contribution in [1.82, 2.24) is 0 Å². The number of carboxylic acid groups (broad SMARTS) is 1. The van der Waals surface area contributed by atoms with E-state index < -0.39 is 23.6 Å². The molecule has 0 saturated heterocycles. The average Bonchev–Trinajstić information content (AvgIpc) is 2.34. The Kier molecular flexibility index (Phi) is 4.65. The van der Waals surface area contributed by atoms with Gasteiger partial charge in [-0.3, -0.25) is 10.1 Å². The highest BCUT2D eigenvalue weighted by molar-refractivity contribution is 5.69. The Morgan fingerprint density at radius 3 is 2.53 bits per heavy atom. The van der Waals surface area contributed by atoms with Gasteiger partial charge in [-0.1, -0.05) is 0 Å². The van der Waals surface area contributed by atoms with Crippen LogP contribution < -0.4 is 9.47 Å². The lowest BCUT2D eigenvalue weighted by Gasteiger charge is -2.12. The Morgan fingerprint density at radius 2 is 2.11 bits per heavy atom. The van der Waals surface area contributed by atoms with Crippen LogP contribution in [0.4, 0.5) is 5.69 Å². The highest BCUT2D eigenvalue weighted by Crippen LogP contribution is 2.37. The van der Waals surface area contributed by atoms with Gasteiger partial charge in [0, 0.05) is 0 Å². The first-order valence-corrected chi connectivity index (χ1v) is 5.25. The number of aliphatic hydroxyl groups excluding tert-OH is 1. The molecule has 0 aliphatic heterocycles. The van der Waals surface area contributed by atoms with Crippen LogP contribution in [0.15, 0.2) is 12.1 Å². The van der Waals surface area contributed by atoms with Gasteiger partial charge < -0.3 is 19.7 Å². The van der Waals surface area contributed by atoms with Gasteiger partial charge in [-0.25, -0.2) is 4.79 Å². The Balaban J connectivity index is 3.27. The van der Waals surface area contributed by atoms with Crippen LogP contribution in [-0.2, 0) is 4.79 Å². The molecule has 1 rings (SSSR count). The van der Waals surface area contributed by atoms with Crippen LogP contribution in [0.1, 0.15) is 18.6 Å². The fraction of sp³-hybridized carbons (Fsp3) is 0.364. The molecule has 104 valence electrons. The number of nitro benzene ring substituents is 1. The van der Waals surface area contributed by atoms with E-state index in [1.165, 1.54) is 20.1 Å². The molecule has 0 aliphatic carbocycles. The molecule has 1 aromatic carbocycles. The van der Waals surface area contributed by atoms with Crippen molar-refractivity contribution in [3.05, 3.63) is 27.8 Å². The van der Waals surface area contributed by atoms with Crippen LogP contribution in [0.25, 0.3) is 0 Å². The van der Waals surface area contributed by atoms with Gasteiger partial charge in [0.25, 0.3) is 5.69 Å². The number of carboxylic acids is 1. The van der Waals surface area contributed by atoms with Gasteiger partial charge in [0.2, 0.25) is 0 Å². The van der Waals surface area contributed by atoms with Gasteiger partial charge in [-0.2, -0.15) is 0 Å². The van der Waals surface area contributed by atoms with Crippen molar-refractivity contribution < 1.29 is 29.4 Å². The Bertz CT molecular complexity index is 498. The number of ether oxygens (including phenoxy) is 2. The standard InChI is InChI=1S/C11H13NO7/c1-6(13)7-3-9(18-2)10(19-5-11(14)15)4-8(7)12(16)17/h3-4,6,13H,5H2,1-2H3,(H,14,15). The van der Waals surface area contributed by atoms with Crippen LogP contribution in [0.5, 0.6) is 11.5 Å². The van der Waals surface area contributed by atoms with Gasteiger partial charge in [-0.15, -0.1) is 0 Å². The molecule has 8 heteroatoms. The quantitative estimate of drug-likeness (QED) is 0.587. The summed E-state index contributed by atoms with van der Waals surface area (Å²) in [5, 5.41) is 28.9. The lowest BCUT2D eigenvalue weighted by molar-refractivity contribution is -0.386. The van der Waals surface area contributed by atoms with Crippen molar-refractivity contribution in [2.75, 3.05) is 13.7 Å². The molecule has 0 aromatic heterocycles. The first kappa shape index (κ1) is 14.7. The molecule has 0 heterocycles.